The van der Waals surface area contributed by atoms with Gasteiger partial charge in [0.05, 0.1) is 6.42 Å². The van der Waals surface area contributed by atoms with Crippen LogP contribution in [0.3, 0.4) is 0 Å². The monoisotopic (exact) mass is 241 g/mol. The number of hydrogen-bond acceptors (Lipinski definition) is 3. The molecule has 0 bridgehead atoms. The van der Waals surface area contributed by atoms with Gasteiger partial charge in [-0.3, -0.25) is 0 Å². The number of pyridine rings is 1. The molecule has 15 heavy (non-hydrogen) atoms. The van der Waals surface area contributed by atoms with Crippen LogP contribution in [0.15, 0.2) is 18.3 Å². The normalized spacial score (nSPS) is 13.1. The van der Waals surface area contributed by atoms with E-state index >= 15 is 0 Å². The maximum Gasteiger partial charge on any atom is 0.390 e. The molecule has 0 saturated heterocycles. The first-order chi connectivity index (χ1) is 6.40. The molecule has 1 atom stereocenters. The van der Waals surface area contributed by atoms with Gasteiger partial charge in [-0.05, 0) is 6.07 Å². The third kappa shape index (κ3) is 4.35. The largest absolute Gasteiger partial charge is 0.390 e. The number of aromatic nitrogens is 1. The van der Waals surface area contributed by atoms with Gasteiger partial charge in [-0.15, -0.1) is 12.4 Å². The molecule has 4 N–H and O–H groups in total. The summed E-state index contributed by atoms with van der Waals surface area (Å²) < 4.78 is 35.9. The van der Waals surface area contributed by atoms with Crippen LogP contribution in [-0.2, 0) is 0 Å². The summed E-state index contributed by atoms with van der Waals surface area (Å²) in [6, 6.07) is 1.80. The van der Waals surface area contributed by atoms with Crippen LogP contribution in [0, 0.1) is 0 Å². The number of hydrogen-bond donors (Lipinski definition) is 2. The zero-order valence-electron chi connectivity index (χ0n) is 7.66. The Morgan fingerprint density at radius 3 is 2.47 bits per heavy atom. The smallest absolute Gasteiger partial charge is 0.383 e. The van der Waals surface area contributed by atoms with Crippen LogP contribution in [-0.4, -0.2) is 11.2 Å². The Morgan fingerprint density at radius 1 is 1.40 bits per heavy atom. The summed E-state index contributed by atoms with van der Waals surface area (Å²) in [7, 11) is 0. The molecule has 1 rings (SSSR count). The maximum atomic E-state index is 12.0. The molecule has 0 fully saturated rings. The third-order valence-electron chi connectivity index (χ3n) is 1.72. The van der Waals surface area contributed by atoms with Gasteiger partial charge in [-0.25, -0.2) is 4.98 Å². The molecule has 0 spiro atoms. The molecular formula is C8H11ClF3N3. The lowest BCUT2D eigenvalue weighted by molar-refractivity contribution is -0.138. The standard InChI is InChI=1S/C8H10F3N3.ClH/c9-8(10,11)4-6(12)5-2-1-3-14-7(5)13;/h1-3,6H,4,12H2,(H2,13,14);1H/t6-;/m0./s1. The molecular weight excluding hydrogens is 231 g/mol. The summed E-state index contributed by atoms with van der Waals surface area (Å²) in [5.41, 5.74) is 11.0. The average Bonchev–Trinajstić information content (AvgIpc) is 2.01. The Balaban J connectivity index is 0.00000196. The Hall–Kier alpha value is -1.01. The highest BCUT2D eigenvalue weighted by Gasteiger charge is 2.31. The fraction of sp³-hybridized carbons (Fsp3) is 0.375. The SMILES string of the molecule is Cl.Nc1ncccc1[C@@H](N)CC(F)(F)F. The van der Waals surface area contributed by atoms with E-state index in [1.54, 1.807) is 0 Å². The van der Waals surface area contributed by atoms with Crippen molar-refractivity contribution in [2.75, 3.05) is 5.73 Å². The van der Waals surface area contributed by atoms with Crippen LogP contribution in [0.4, 0.5) is 19.0 Å². The van der Waals surface area contributed by atoms with Crippen LogP contribution < -0.4 is 11.5 Å². The lowest BCUT2D eigenvalue weighted by Crippen LogP contribution is -2.21. The molecule has 0 aliphatic rings. The molecule has 7 heteroatoms. The number of alkyl halides is 3. The van der Waals surface area contributed by atoms with E-state index in [0.717, 1.165) is 0 Å². The average molecular weight is 242 g/mol. The van der Waals surface area contributed by atoms with Crippen LogP contribution in [0.1, 0.15) is 18.0 Å². The van der Waals surface area contributed by atoms with Gasteiger partial charge in [0.25, 0.3) is 0 Å². The van der Waals surface area contributed by atoms with Crippen molar-refractivity contribution in [3.63, 3.8) is 0 Å². The van der Waals surface area contributed by atoms with Gasteiger partial charge in [0, 0.05) is 17.8 Å². The second-order valence-corrected chi connectivity index (χ2v) is 2.90. The minimum Gasteiger partial charge on any atom is -0.383 e. The van der Waals surface area contributed by atoms with Crippen molar-refractivity contribution in [1.29, 1.82) is 0 Å². The van der Waals surface area contributed by atoms with E-state index in [9.17, 15) is 13.2 Å². The Labute approximate surface area is 91.1 Å². The predicted octanol–water partition coefficient (Wildman–Crippen LogP) is 2.04. The molecule has 1 aromatic rings. The molecule has 0 amide bonds. The minimum absolute atomic E-state index is 0. The first-order valence-electron chi connectivity index (χ1n) is 3.93. The lowest BCUT2D eigenvalue weighted by Gasteiger charge is -2.15. The topological polar surface area (TPSA) is 64.9 Å². The Kier molecular flexibility index (Phi) is 4.83. The number of anilines is 1. The van der Waals surface area contributed by atoms with E-state index in [1.165, 1.54) is 18.3 Å². The molecule has 0 radical (unpaired) electrons. The molecule has 0 saturated carbocycles. The summed E-state index contributed by atoms with van der Waals surface area (Å²) in [4.78, 5) is 3.66. The molecule has 0 aliphatic heterocycles. The molecule has 3 nitrogen and oxygen atoms in total. The summed E-state index contributed by atoms with van der Waals surface area (Å²) >= 11 is 0. The third-order valence-corrected chi connectivity index (χ3v) is 1.72. The van der Waals surface area contributed by atoms with Crippen molar-refractivity contribution in [3.05, 3.63) is 23.9 Å². The quantitative estimate of drug-likeness (QED) is 0.833. The maximum absolute atomic E-state index is 12.0. The fourth-order valence-electron chi connectivity index (χ4n) is 1.10. The first kappa shape index (κ1) is 14.0. The minimum atomic E-state index is -4.29. The summed E-state index contributed by atoms with van der Waals surface area (Å²) in [6.45, 7) is 0. The lowest BCUT2D eigenvalue weighted by atomic mass is 10.1. The summed E-state index contributed by atoms with van der Waals surface area (Å²) in [5.74, 6) is 0.0456. The predicted molar refractivity (Wildman–Crippen MR) is 53.5 cm³/mol. The van der Waals surface area contributed by atoms with Crippen molar-refractivity contribution in [2.45, 2.75) is 18.6 Å². The Morgan fingerprint density at radius 2 is 2.00 bits per heavy atom. The molecule has 1 heterocycles. The van der Waals surface area contributed by atoms with Crippen LogP contribution in [0.5, 0.6) is 0 Å². The van der Waals surface area contributed by atoms with E-state index < -0.39 is 18.6 Å². The van der Waals surface area contributed by atoms with Crippen molar-refractivity contribution in [3.8, 4) is 0 Å². The summed E-state index contributed by atoms with van der Waals surface area (Å²) in [6.07, 6.45) is -3.98. The summed E-state index contributed by atoms with van der Waals surface area (Å²) in [5, 5.41) is 0. The highest BCUT2D eigenvalue weighted by atomic mass is 35.5. The number of nitrogens with zero attached hydrogens (tertiary/aromatic N) is 1. The van der Waals surface area contributed by atoms with Gasteiger partial charge in [0.1, 0.15) is 5.82 Å². The number of halogens is 4. The van der Waals surface area contributed by atoms with Crippen molar-refractivity contribution < 1.29 is 13.2 Å². The molecule has 1 aromatic heterocycles. The number of rotatable bonds is 2. The van der Waals surface area contributed by atoms with E-state index in [4.69, 9.17) is 11.5 Å². The highest BCUT2D eigenvalue weighted by Crippen LogP contribution is 2.29. The number of nitrogen functional groups attached to an aromatic ring is 1. The second-order valence-electron chi connectivity index (χ2n) is 2.90. The van der Waals surface area contributed by atoms with Crippen LogP contribution >= 0.6 is 12.4 Å². The Bertz CT molecular complexity index is 316. The van der Waals surface area contributed by atoms with Crippen LogP contribution in [0.2, 0.25) is 0 Å². The van der Waals surface area contributed by atoms with Gasteiger partial charge in [0.15, 0.2) is 0 Å². The van der Waals surface area contributed by atoms with E-state index in [-0.39, 0.29) is 23.8 Å². The van der Waals surface area contributed by atoms with E-state index in [2.05, 4.69) is 4.98 Å². The van der Waals surface area contributed by atoms with Gasteiger partial charge in [0.2, 0.25) is 0 Å². The molecule has 0 aliphatic carbocycles. The highest BCUT2D eigenvalue weighted by molar-refractivity contribution is 5.85. The zero-order chi connectivity index (χ0) is 10.8. The molecule has 86 valence electrons. The van der Waals surface area contributed by atoms with E-state index in [0.29, 0.717) is 0 Å². The van der Waals surface area contributed by atoms with Crippen molar-refractivity contribution in [1.82, 2.24) is 4.98 Å². The van der Waals surface area contributed by atoms with Crippen molar-refractivity contribution >= 4 is 18.2 Å². The van der Waals surface area contributed by atoms with Crippen LogP contribution in [0.25, 0.3) is 0 Å². The molecule has 0 unspecified atom stereocenters. The van der Waals surface area contributed by atoms with Gasteiger partial charge < -0.3 is 11.5 Å². The zero-order valence-corrected chi connectivity index (χ0v) is 8.48. The van der Waals surface area contributed by atoms with Gasteiger partial charge in [-0.2, -0.15) is 13.2 Å². The fourth-order valence-corrected chi connectivity index (χ4v) is 1.10. The molecule has 0 aromatic carbocycles. The van der Waals surface area contributed by atoms with Gasteiger partial charge in [-0.1, -0.05) is 6.07 Å². The van der Waals surface area contributed by atoms with E-state index in [1.807, 2.05) is 0 Å². The second kappa shape index (κ2) is 5.18. The number of nitrogens with two attached hydrogens (primary N) is 2. The van der Waals surface area contributed by atoms with Gasteiger partial charge >= 0.3 is 6.18 Å². The first-order valence-corrected chi connectivity index (χ1v) is 3.93. The van der Waals surface area contributed by atoms with Crippen molar-refractivity contribution in [2.24, 2.45) is 5.73 Å².